The first-order valence-corrected chi connectivity index (χ1v) is 8.13. The number of nitrogens with one attached hydrogen (secondary N) is 1. The van der Waals surface area contributed by atoms with Crippen molar-refractivity contribution in [2.24, 2.45) is 0 Å². The van der Waals surface area contributed by atoms with Gasteiger partial charge in [0.25, 0.3) is 10.0 Å². The Balaban J connectivity index is 2.51. The minimum absolute atomic E-state index is 0.0398. The van der Waals surface area contributed by atoms with Gasteiger partial charge in [-0.25, -0.2) is 17.6 Å². The highest BCUT2D eigenvalue weighted by atomic mass is 32.2. The molecular formula is C15H11F4NO4S. The highest BCUT2D eigenvalue weighted by Gasteiger charge is 2.32. The number of hydrogen-bond acceptors (Lipinski definition) is 3. The molecular weight excluding hydrogens is 366 g/mol. The highest BCUT2D eigenvalue weighted by molar-refractivity contribution is 7.92. The van der Waals surface area contributed by atoms with Gasteiger partial charge in [0.2, 0.25) is 0 Å². The van der Waals surface area contributed by atoms with Gasteiger partial charge in [-0.1, -0.05) is 0 Å². The summed E-state index contributed by atoms with van der Waals surface area (Å²) in [5, 5.41) is 8.90. The van der Waals surface area contributed by atoms with Crippen LogP contribution < -0.4 is 4.72 Å². The SMILES string of the molecule is Cc1cc(F)ccc1S(=O)(=O)Nc1cc(C(=O)O)cc(C(F)(F)F)c1. The smallest absolute Gasteiger partial charge is 0.416 e. The fraction of sp³-hybridized carbons (Fsp3) is 0.133. The molecule has 0 radical (unpaired) electrons. The van der Waals surface area contributed by atoms with Crippen molar-refractivity contribution in [1.82, 2.24) is 0 Å². The van der Waals surface area contributed by atoms with E-state index in [2.05, 4.69) is 0 Å². The van der Waals surface area contributed by atoms with Gasteiger partial charge in [0.1, 0.15) is 5.82 Å². The predicted molar refractivity (Wildman–Crippen MR) is 80.3 cm³/mol. The average molecular weight is 377 g/mol. The number of aromatic carboxylic acids is 1. The number of carboxylic acids is 1. The van der Waals surface area contributed by atoms with Gasteiger partial charge in [-0.15, -0.1) is 0 Å². The molecule has 25 heavy (non-hydrogen) atoms. The highest BCUT2D eigenvalue weighted by Crippen LogP contribution is 2.32. The lowest BCUT2D eigenvalue weighted by Crippen LogP contribution is -2.16. The molecule has 0 saturated heterocycles. The van der Waals surface area contributed by atoms with Crippen molar-refractivity contribution < 1.29 is 35.9 Å². The standard InChI is InChI=1S/C15H11F4NO4S/c1-8-4-11(16)2-3-13(8)25(23,24)20-12-6-9(14(21)22)5-10(7-12)15(17,18)19/h2-7,20H,1H3,(H,21,22). The van der Waals surface area contributed by atoms with Crippen LogP contribution >= 0.6 is 0 Å². The first kappa shape index (κ1) is 18.7. The fourth-order valence-electron chi connectivity index (χ4n) is 2.10. The molecule has 2 aromatic carbocycles. The second kappa shape index (κ2) is 6.36. The first-order valence-electron chi connectivity index (χ1n) is 6.65. The molecule has 0 saturated carbocycles. The molecule has 2 aromatic rings. The van der Waals surface area contributed by atoms with Gasteiger partial charge in [0.05, 0.1) is 21.7 Å². The van der Waals surface area contributed by atoms with E-state index in [0.717, 1.165) is 24.3 Å². The monoisotopic (exact) mass is 377 g/mol. The van der Waals surface area contributed by atoms with Crippen molar-refractivity contribution in [2.45, 2.75) is 18.0 Å². The summed E-state index contributed by atoms with van der Waals surface area (Å²) < 4.78 is 78.2. The van der Waals surface area contributed by atoms with Gasteiger partial charge in [0, 0.05) is 0 Å². The van der Waals surface area contributed by atoms with Crippen LogP contribution in [-0.2, 0) is 16.2 Å². The molecule has 2 rings (SSSR count). The molecule has 0 fully saturated rings. The largest absolute Gasteiger partial charge is 0.478 e. The number of sulfonamides is 1. The Bertz CT molecular complexity index is 939. The summed E-state index contributed by atoms with van der Waals surface area (Å²) in [5.74, 6) is -2.33. The van der Waals surface area contributed by atoms with Crippen molar-refractivity contribution in [1.29, 1.82) is 0 Å². The van der Waals surface area contributed by atoms with Crippen molar-refractivity contribution >= 4 is 21.7 Å². The number of carbonyl (C=O) groups is 1. The van der Waals surface area contributed by atoms with E-state index in [1.165, 1.54) is 6.92 Å². The van der Waals surface area contributed by atoms with E-state index in [-0.39, 0.29) is 10.5 Å². The second-order valence-corrected chi connectivity index (χ2v) is 6.77. The Hall–Kier alpha value is -2.62. The molecule has 0 amide bonds. The van der Waals surface area contributed by atoms with Gasteiger partial charge in [0.15, 0.2) is 0 Å². The van der Waals surface area contributed by atoms with Crippen LogP contribution in [0.5, 0.6) is 0 Å². The van der Waals surface area contributed by atoms with E-state index in [9.17, 15) is 30.8 Å². The van der Waals surface area contributed by atoms with Crippen LogP contribution in [0.15, 0.2) is 41.3 Å². The molecule has 0 aliphatic rings. The van der Waals surface area contributed by atoms with Crippen LogP contribution in [0, 0.1) is 12.7 Å². The minimum atomic E-state index is -4.86. The van der Waals surface area contributed by atoms with Crippen LogP contribution in [0.4, 0.5) is 23.2 Å². The number of carboxylic acid groups (broad SMARTS) is 1. The molecule has 0 aliphatic heterocycles. The summed E-state index contributed by atoms with van der Waals surface area (Å²) in [7, 11) is -4.34. The van der Waals surface area contributed by atoms with Gasteiger partial charge >= 0.3 is 12.1 Å². The van der Waals surface area contributed by atoms with Gasteiger partial charge in [-0.3, -0.25) is 4.72 Å². The Morgan fingerprint density at radius 2 is 1.76 bits per heavy atom. The maximum atomic E-state index is 13.1. The van der Waals surface area contributed by atoms with Crippen molar-refractivity contribution in [3.63, 3.8) is 0 Å². The normalized spacial score (nSPS) is 12.0. The van der Waals surface area contributed by atoms with Gasteiger partial charge in [-0.05, 0) is 48.9 Å². The zero-order valence-electron chi connectivity index (χ0n) is 12.6. The van der Waals surface area contributed by atoms with E-state index in [4.69, 9.17) is 5.11 Å². The number of rotatable bonds is 4. The van der Waals surface area contributed by atoms with Gasteiger partial charge < -0.3 is 5.11 Å². The summed E-state index contributed by atoms with van der Waals surface area (Å²) in [6, 6.07) is 4.42. The number of benzene rings is 2. The molecule has 0 atom stereocenters. The Morgan fingerprint density at radius 1 is 1.12 bits per heavy atom. The zero-order valence-corrected chi connectivity index (χ0v) is 13.4. The van der Waals surface area contributed by atoms with Crippen molar-refractivity contribution in [2.75, 3.05) is 4.72 Å². The molecule has 0 aliphatic carbocycles. The fourth-order valence-corrected chi connectivity index (χ4v) is 3.37. The molecule has 0 heterocycles. The Morgan fingerprint density at radius 3 is 2.28 bits per heavy atom. The van der Waals surface area contributed by atoms with E-state index < -0.39 is 44.8 Å². The Labute approximate surface area is 140 Å². The molecule has 10 heteroatoms. The summed E-state index contributed by atoms with van der Waals surface area (Å²) >= 11 is 0. The van der Waals surface area contributed by atoms with Crippen LogP contribution in [0.25, 0.3) is 0 Å². The summed E-state index contributed by atoms with van der Waals surface area (Å²) in [6.45, 7) is 1.31. The molecule has 0 aromatic heterocycles. The van der Waals surface area contributed by atoms with Crippen molar-refractivity contribution in [3.8, 4) is 0 Å². The Kier molecular flexibility index (Phi) is 4.76. The third-order valence-electron chi connectivity index (χ3n) is 3.19. The zero-order chi connectivity index (χ0) is 19.0. The number of halogens is 4. The predicted octanol–water partition coefficient (Wildman–Crippen LogP) is 3.65. The van der Waals surface area contributed by atoms with Crippen LogP contribution in [0.3, 0.4) is 0 Å². The van der Waals surface area contributed by atoms with Crippen LogP contribution in [0.1, 0.15) is 21.5 Å². The molecule has 5 nitrogen and oxygen atoms in total. The van der Waals surface area contributed by atoms with Crippen LogP contribution in [0.2, 0.25) is 0 Å². The summed E-state index contributed by atoms with van der Waals surface area (Å²) in [4.78, 5) is 10.6. The third-order valence-corrected chi connectivity index (χ3v) is 4.73. The average Bonchev–Trinajstić information content (AvgIpc) is 2.44. The summed E-state index contributed by atoms with van der Waals surface area (Å²) in [5.41, 5.74) is -2.59. The van der Waals surface area contributed by atoms with Gasteiger partial charge in [-0.2, -0.15) is 13.2 Å². The summed E-state index contributed by atoms with van der Waals surface area (Å²) in [6.07, 6.45) is -4.86. The molecule has 134 valence electrons. The lowest BCUT2D eigenvalue weighted by Gasteiger charge is -2.14. The van der Waals surface area contributed by atoms with E-state index >= 15 is 0 Å². The second-order valence-electron chi connectivity index (χ2n) is 5.12. The van der Waals surface area contributed by atoms with Crippen molar-refractivity contribution in [3.05, 3.63) is 58.9 Å². The quantitative estimate of drug-likeness (QED) is 0.797. The first-order chi connectivity index (χ1) is 11.4. The molecule has 0 spiro atoms. The van der Waals surface area contributed by atoms with E-state index in [0.29, 0.717) is 12.1 Å². The van der Waals surface area contributed by atoms with E-state index in [1.54, 1.807) is 0 Å². The van der Waals surface area contributed by atoms with Crippen LogP contribution in [-0.4, -0.2) is 19.5 Å². The molecule has 0 unspecified atom stereocenters. The molecule has 0 bridgehead atoms. The number of alkyl halides is 3. The lowest BCUT2D eigenvalue weighted by molar-refractivity contribution is -0.137. The van der Waals surface area contributed by atoms with E-state index in [1.807, 2.05) is 4.72 Å². The maximum Gasteiger partial charge on any atom is 0.416 e. The number of anilines is 1. The maximum absolute atomic E-state index is 13.1. The molecule has 2 N–H and O–H groups in total. The number of hydrogen-bond donors (Lipinski definition) is 2. The topological polar surface area (TPSA) is 83.5 Å². The third kappa shape index (κ3) is 4.27. The minimum Gasteiger partial charge on any atom is -0.478 e. The number of aryl methyl sites for hydroxylation is 1. The lowest BCUT2D eigenvalue weighted by atomic mass is 10.1.